The topological polar surface area (TPSA) is 86.7 Å². The number of para-hydroxylation sites is 1. The van der Waals surface area contributed by atoms with Gasteiger partial charge in [0.25, 0.3) is 0 Å². The average Bonchev–Trinajstić information content (AvgIpc) is 2.59. The van der Waals surface area contributed by atoms with Gasteiger partial charge in [0.15, 0.2) is 0 Å². The summed E-state index contributed by atoms with van der Waals surface area (Å²) in [7, 11) is 0. The predicted octanol–water partition coefficient (Wildman–Crippen LogP) is 2.12. The standard InChI is InChI=1S/C19H24N2O4/c1-13-8-10-19(11-9-13,18(24)25)20-16(22)12-21-15-5-3-2-4-14(15)6-7-17(21)23/h2-5,13H,6-12H2,1H3,(H,20,22)(H,24,25). The molecule has 1 aliphatic heterocycles. The summed E-state index contributed by atoms with van der Waals surface area (Å²) < 4.78 is 0. The molecular formula is C19H24N2O4. The molecule has 0 bridgehead atoms. The zero-order valence-electron chi connectivity index (χ0n) is 14.5. The van der Waals surface area contributed by atoms with Crippen LogP contribution in [0.3, 0.4) is 0 Å². The number of carbonyl (C=O) groups excluding carboxylic acids is 2. The smallest absolute Gasteiger partial charge is 0.329 e. The minimum absolute atomic E-state index is 0.101. The molecule has 2 amide bonds. The number of rotatable bonds is 4. The highest BCUT2D eigenvalue weighted by Gasteiger charge is 2.42. The first-order chi connectivity index (χ1) is 11.9. The van der Waals surface area contributed by atoms with Gasteiger partial charge < -0.3 is 15.3 Å². The Kier molecular flexibility index (Phi) is 4.79. The molecule has 25 heavy (non-hydrogen) atoms. The zero-order chi connectivity index (χ0) is 18.0. The van der Waals surface area contributed by atoms with Gasteiger partial charge in [0.1, 0.15) is 12.1 Å². The summed E-state index contributed by atoms with van der Waals surface area (Å²) in [4.78, 5) is 38.1. The van der Waals surface area contributed by atoms with E-state index in [1.165, 1.54) is 4.90 Å². The fraction of sp³-hybridized carbons (Fsp3) is 0.526. The van der Waals surface area contributed by atoms with Gasteiger partial charge in [-0.3, -0.25) is 9.59 Å². The van der Waals surface area contributed by atoms with E-state index in [1.54, 1.807) is 0 Å². The monoisotopic (exact) mass is 344 g/mol. The number of aryl methyl sites for hydroxylation is 1. The Morgan fingerprint density at radius 2 is 1.92 bits per heavy atom. The van der Waals surface area contributed by atoms with Gasteiger partial charge in [0.05, 0.1) is 0 Å². The first-order valence-electron chi connectivity index (χ1n) is 8.84. The van der Waals surface area contributed by atoms with E-state index in [9.17, 15) is 19.5 Å². The van der Waals surface area contributed by atoms with E-state index in [-0.39, 0.29) is 12.5 Å². The van der Waals surface area contributed by atoms with E-state index >= 15 is 0 Å². The molecule has 6 nitrogen and oxygen atoms in total. The molecule has 134 valence electrons. The number of carbonyl (C=O) groups is 3. The van der Waals surface area contributed by atoms with E-state index in [2.05, 4.69) is 12.2 Å². The van der Waals surface area contributed by atoms with Gasteiger partial charge in [0.2, 0.25) is 11.8 Å². The van der Waals surface area contributed by atoms with Crippen LogP contribution in [0.5, 0.6) is 0 Å². The lowest BCUT2D eigenvalue weighted by Gasteiger charge is -2.37. The molecule has 0 unspecified atom stereocenters. The number of benzene rings is 1. The third kappa shape index (κ3) is 3.52. The molecule has 0 saturated heterocycles. The molecule has 6 heteroatoms. The van der Waals surface area contributed by atoms with Crippen LogP contribution in [-0.2, 0) is 20.8 Å². The van der Waals surface area contributed by atoms with Crippen molar-refractivity contribution in [3.05, 3.63) is 29.8 Å². The third-order valence-electron chi connectivity index (χ3n) is 5.41. The molecule has 3 rings (SSSR count). The van der Waals surface area contributed by atoms with E-state index in [0.29, 0.717) is 31.6 Å². The van der Waals surface area contributed by atoms with Crippen molar-refractivity contribution >= 4 is 23.5 Å². The molecule has 1 saturated carbocycles. The van der Waals surface area contributed by atoms with Gasteiger partial charge in [-0.1, -0.05) is 25.1 Å². The maximum Gasteiger partial charge on any atom is 0.329 e. The number of aliphatic carboxylic acids is 1. The number of carboxylic acids is 1. The number of hydrogen-bond donors (Lipinski definition) is 2. The predicted molar refractivity (Wildman–Crippen MR) is 93.3 cm³/mol. The highest BCUT2D eigenvalue weighted by atomic mass is 16.4. The number of carboxylic acid groups (broad SMARTS) is 1. The maximum atomic E-state index is 12.6. The van der Waals surface area contributed by atoms with E-state index in [0.717, 1.165) is 24.1 Å². The van der Waals surface area contributed by atoms with Crippen LogP contribution in [0.1, 0.15) is 44.6 Å². The van der Waals surface area contributed by atoms with Crippen molar-refractivity contribution in [2.75, 3.05) is 11.4 Å². The van der Waals surface area contributed by atoms with Gasteiger partial charge >= 0.3 is 5.97 Å². The minimum atomic E-state index is -1.21. The summed E-state index contributed by atoms with van der Waals surface area (Å²) >= 11 is 0. The van der Waals surface area contributed by atoms with Crippen LogP contribution >= 0.6 is 0 Å². The third-order valence-corrected chi connectivity index (χ3v) is 5.41. The Morgan fingerprint density at radius 3 is 2.60 bits per heavy atom. The van der Waals surface area contributed by atoms with Crippen molar-refractivity contribution in [2.24, 2.45) is 5.92 Å². The highest BCUT2D eigenvalue weighted by molar-refractivity contribution is 6.01. The molecular weight excluding hydrogens is 320 g/mol. The molecule has 1 aliphatic carbocycles. The quantitative estimate of drug-likeness (QED) is 0.876. The lowest BCUT2D eigenvalue weighted by Crippen LogP contribution is -2.58. The second kappa shape index (κ2) is 6.86. The normalized spacial score (nSPS) is 26.0. The Hall–Kier alpha value is -2.37. The first kappa shape index (κ1) is 17.5. The van der Waals surface area contributed by atoms with Gasteiger partial charge in [-0.25, -0.2) is 4.79 Å². The number of amides is 2. The fourth-order valence-electron chi connectivity index (χ4n) is 3.77. The number of nitrogens with one attached hydrogen (secondary N) is 1. The molecule has 1 aromatic rings. The largest absolute Gasteiger partial charge is 0.480 e. The summed E-state index contributed by atoms with van der Waals surface area (Å²) in [5, 5.41) is 12.4. The van der Waals surface area contributed by atoms with Crippen LogP contribution in [0, 0.1) is 5.92 Å². The molecule has 1 fully saturated rings. The van der Waals surface area contributed by atoms with Crippen molar-refractivity contribution in [1.82, 2.24) is 5.32 Å². The average molecular weight is 344 g/mol. The van der Waals surface area contributed by atoms with Crippen molar-refractivity contribution in [3.63, 3.8) is 0 Å². The van der Waals surface area contributed by atoms with Crippen LogP contribution < -0.4 is 10.2 Å². The zero-order valence-corrected chi connectivity index (χ0v) is 14.5. The summed E-state index contributed by atoms with van der Waals surface area (Å²) in [5.74, 6) is -1.03. The lowest BCUT2D eigenvalue weighted by atomic mass is 9.77. The Morgan fingerprint density at radius 1 is 1.24 bits per heavy atom. The molecule has 0 radical (unpaired) electrons. The fourth-order valence-corrected chi connectivity index (χ4v) is 3.77. The molecule has 1 heterocycles. The van der Waals surface area contributed by atoms with Crippen molar-refractivity contribution in [2.45, 2.75) is 51.0 Å². The summed E-state index contributed by atoms with van der Waals surface area (Å²) in [6, 6.07) is 7.53. The maximum absolute atomic E-state index is 12.6. The molecule has 0 spiro atoms. The Labute approximate surface area is 147 Å². The van der Waals surface area contributed by atoms with E-state index < -0.39 is 17.4 Å². The number of nitrogens with zero attached hydrogens (tertiary/aromatic N) is 1. The second-order valence-electron chi connectivity index (χ2n) is 7.23. The van der Waals surface area contributed by atoms with Crippen LogP contribution in [0.15, 0.2) is 24.3 Å². The van der Waals surface area contributed by atoms with Gasteiger partial charge in [-0.2, -0.15) is 0 Å². The first-order valence-corrected chi connectivity index (χ1v) is 8.84. The lowest BCUT2D eigenvalue weighted by molar-refractivity contribution is -0.149. The van der Waals surface area contributed by atoms with Crippen LogP contribution in [0.4, 0.5) is 5.69 Å². The van der Waals surface area contributed by atoms with Gasteiger partial charge in [-0.15, -0.1) is 0 Å². The summed E-state index contributed by atoms with van der Waals surface area (Å²) in [5.41, 5.74) is 0.576. The molecule has 0 atom stereocenters. The molecule has 2 N–H and O–H groups in total. The van der Waals surface area contributed by atoms with Crippen LogP contribution in [0.2, 0.25) is 0 Å². The van der Waals surface area contributed by atoms with Crippen LogP contribution in [-0.4, -0.2) is 35.0 Å². The summed E-state index contributed by atoms with van der Waals surface area (Å²) in [6.45, 7) is 1.96. The minimum Gasteiger partial charge on any atom is -0.480 e. The SMILES string of the molecule is CC1CCC(NC(=O)CN2C(=O)CCc3ccccc32)(C(=O)O)CC1. The van der Waals surface area contributed by atoms with Crippen molar-refractivity contribution in [1.29, 1.82) is 0 Å². The highest BCUT2D eigenvalue weighted by Crippen LogP contribution is 2.32. The molecule has 1 aromatic carbocycles. The second-order valence-corrected chi connectivity index (χ2v) is 7.23. The Balaban J connectivity index is 1.74. The van der Waals surface area contributed by atoms with Crippen molar-refractivity contribution in [3.8, 4) is 0 Å². The van der Waals surface area contributed by atoms with Crippen molar-refractivity contribution < 1.29 is 19.5 Å². The van der Waals surface area contributed by atoms with E-state index in [4.69, 9.17) is 0 Å². The van der Waals surface area contributed by atoms with Crippen LogP contribution in [0.25, 0.3) is 0 Å². The molecule has 2 aliphatic rings. The summed E-state index contributed by atoms with van der Waals surface area (Å²) in [6.07, 6.45) is 3.45. The number of hydrogen-bond acceptors (Lipinski definition) is 3. The van der Waals surface area contributed by atoms with Gasteiger partial charge in [-0.05, 0) is 49.7 Å². The van der Waals surface area contributed by atoms with E-state index in [1.807, 2.05) is 24.3 Å². The number of fused-ring (bicyclic) bond motifs is 1. The molecule has 0 aromatic heterocycles. The Bertz CT molecular complexity index is 692. The number of anilines is 1. The van der Waals surface area contributed by atoms with Gasteiger partial charge in [0, 0.05) is 12.1 Å².